The maximum absolute atomic E-state index is 12.3. The SMILES string of the molecule is COC(=O)N1CCC(NC(=O)c2cccc(NS(C)(=O)=O)c2)CC1. The van der Waals surface area contributed by atoms with Crippen molar-refractivity contribution in [1.29, 1.82) is 0 Å². The van der Waals surface area contributed by atoms with Crippen LogP contribution in [0, 0.1) is 0 Å². The number of piperidine rings is 1. The van der Waals surface area contributed by atoms with E-state index in [0.717, 1.165) is 6.26 Å². The molecule has 0 radical (unpaired) electrons. The third-order valence-corrected chi connectivity index (χ3v) is 4.30. The van der Waals surface area contributed by atoms with Gasteiger partial charge >= 0.3 is 6.09 Å². The number of likely N-dealkylation sites (tertiary alicyclic amines) is 1. The van der Waals surface area contributed by atoms with Crippen LogP contribution < -0.4 is 10.0 Å². The number of methoxy groups -OCH3 is 1. The number of sulfonamides is 1. The quantitative estimate of drug-likeness (QED) is 0.839. The molecule has 2 amide bonds. The average Bonchev–Trinajstić information content (AvgIpc) is 2.53. The Balaban J connectivity index is 1.94. The van der Waals surface area contributed by atoms with Crippen LogP contribution in [0.5, 0.6) is 0 Å². The number of hydrogen-bond acceptors (Lipinski definition) is 5. The zero-order chi connectivity index (χ0) is 17.7. The fourth-order valence-electron chi connectivity index (χ4n) is 2.54. The number of nitrogens with zero attached hydrogens (tertiary/aromatic N) is 1. The Morgan fingerprint density at radius 3 is 2.50 bits per heavy atom. The molecule has 0 unspecified atom stereocenters. The van der Waals surface area contributed by atoms with E-state index in [2.05, 4.69) is 14.8 Å². The standard InChI is InChI=1S/C15H21N3O5S/c1-23-15(20)18-8-6-12(7-9-18)16-14(19)11-4-3-5-13(10-11)17-24(2,21)22/h3-5,10,12,17H,6-9H2,1-2H3,(H,16,19). The maximum atomic E-state index is 12.3. The van der Waals surface area contributed by atoms with Crippen LogP contribution in [0.15, 0.2) is 24.3 Å². The molecule has 0 spiro atoms. The first-order chi connectivity index (χ1) is 11.3. The lowest BCUT2D eigenvalue weighted by Crippen LogP contribution is -2.46. The lowest BCUT2D eigenvalue weighted by molar-refractivity contribution is 0.0892. The summed E-state index contributed by atoms with van der Waals surface area (Å²) in [6.07, 6.45) is 1.97. The number of amides is 2. The second-order valence-corrected chi connectivity index (χ2v) is 7.41. The van der Waals surface area contributed by atoms with Crippen molar-refractivity contribution in [1.82, 2.24) is 10.2 Å². The van der Waals surface area contributed by atoms with E-state index in [0.29, 0.717) is 37.2 Å². The van der Waals surface area contributed by atoms with E-state index in [9.17, 15) is 18.0 Å². The first kappa shape index (κ1) is 18.1. The summed E-state index contributed by atoms with van der Waals surface area (Å²) in [5, 5.41) is 2.91. The van der Waals surface area contributed by atoms with E-state index in [1.807, 2.05) is 0 Å². The van der Waals surface area contributed by atoms with E-state index >= 15 is 0 Å². The number of nitrogens with one attached hydrogen (secondary N) is 2. The van der Waals surface area contributed by atoms with Gasteiger partial charge < -0.3 is 15.0 Å². The van der Waals surface area contributed by atoms with Crippen molar-refractivity contribution in [3.8, 4) is 0 Å². The summed E-state index contributed by atoms with van der Waals surface area (Å²) in [7, 11) is -2.05. The monoisotopic (exact) mass is 355 g/mol. The largest absolute Gasteiger partial charge is 0.453 e. The van der Waals surface area contributed by atoms with E-state index < -0.39 is 10.0 Å². The maximum Gasteiger partial charge on any atom is 0.409 e. The molecule has 1 saturated heterocycles. The van der Waals surface area contributed by atoms with E-state index in [-0.39, 0.29) is 18.0 Å². The first-order valence-corrected chi connectivity index (χ1v) is 9.39. The van der Waals surface area contributed by atoms with Crippen molar-refractivity contribution in [3.63, 3.8) is 0 Å². The van der Waals surface area contributed by atoms with Crippen LogP contribution in [0.25, 0.3) is 0 Å². The fourth-order valence-corrected chi connectivity index (χ4v) is 3.10. The van der Waals surface area contributed by atoms with Gasteiger partial charge in [-0.2, -0.15) is 0 Å². The molecule has 1 aromatic carbocycles. The second kappa shape index (κ2) is 7.52. The second-order valence-electron chi connectivity index (χ2n) is 5.66. The molecular formula is C15H21N3O5S. The van der Waals surface area contributed by atoms with Gasteiger partial charge in [0, 0.05) is 30.4 Å². The molecule has 132 valence electrons. The highest BCUT2D eigenvalue weighted by Crippen LogP contribution is 2.15. The third-order valence-electron chi connectivity index (χ3n) is 3.69. The summed E-state index contributed by atoms with van der Waals surface area (Å²) >= 11 is 0. The van der Waals surface area contributed by atoms with Crippen molar-refractivity contribution >= 4 is 27.7 Å². The molecule has 2 N–H and O–H groups in total. The Labute approximate surface area is 141 Å². The highest BCUT2D eigenvalue weighted by atomic mass is 32.2. The Bertz CT molecular complexity index is 712. The molecular weight excluding hydrogens is 334 g/mol. The molecule has 0 bridgehead atoms. The van der Waals surface area contributed by atoms with Crippen molar-refractivity contribution in [2.45, 2.75) is 18.9 Å². The van der Waals surface area contributed by atoms with Crippen molar-refractivity contribution in [2.24, 2.45) is 0 Å². The first-order valence-electron chi connectivity index (χ1n) is 7.50. The molecule has 1 fully saturated rings. The number of hydrogen-bond donors (Lipinski definition) is 2. The van der Waals surface area contributed by atoms with Crippen molar-refractivity contribution in [3.05, 3.63) is 29.8 Å². The van der Waals surface area contributed by atoms with Gasteiger partial charge in [0.15, 0.2) is 0 Å². The normalized spacial score (nSPS) is 15.7. The highest BCUT2D eigenvalue weighted by Gasteiger charge is 2.24. The molecule has 1 aliphatic rings. The number of benzene rings is 1. The molecule has 0 aliphatic carbocycles. The molecule has 1 aromatic rings. The predicted octanol–water partition coefficient (Wildman–Crippen LogP) is 1.02. The summed E-state index contributed by atoms with van der Waals surface area (Å²) in [6.45, 7) is 1.04. The lowest BCUT2D eigenvalue weighted by Gasteiger charge is -2.31. The van der Waals surface area contributed by atoms with Crippen LogP contribution >= 0.6 is 0 Å². The van der Waals surface area contributed by atoms with Crippen molar-refractivity contribution in [2.75, 3.05) is 31.2 Å². The zero-order valence-electron chi connectivity index (χ0n) is 13.6. The van der Waals surface area contributed by atoms with E-state index in [4.69, 9.17) is 0 Å². The van der Waals surface area contributed by atoms with Crippen LogP contribution in [0.2, 0.25) is 0 Å². The summed E-state index contributed by atoms with van der Waals surface area (Å²) in [5.41, 5.74) is 0.713. The highest BCUT2D eigenvalue weighted by molar-refractivity contribution is 7.92. The van der Waals surface area contributed by atoms with E-state index in [1.165, 1.54) is 13.2 Å². The van der Waals surface area contributed by atoms with Gasteiger partial charge in [-0.25, -0.2) is 13.2 Å². The molecule has 1 aliphatic heterocycles. The molecule has 9 heteroatoms. The summed E-state index contributed by atoms with van der Waals surface area (Å²) in [4.78, 5) is 25.3. The Morgan fingerprint density at radius 1 is 1.25 bits per heavy atom. The van der Waals surface area contributed by atoms with Gasteiger partial charge in [-0.3, -0.25) is 9.52 Å². The molecule has 8 nitrogen and oxygen atoms in total. The smallest absolute Gasteiger partial charge is 0.409 e. The fraction of sp³-hybridized carbons (Fsp3) is 0.467. The van der Waals surface area contributed by atoms with Crippen LogP contribution in [0.1, 0.15) is 23.2 Å². The van der Waals surface area contributed by atoms with Gasteiger partial charge in [-0.05, 0) is 31.0 Å². The molecule has 0 atom stereocenters. The minimum absolute atomic E-state index is 0.0371. The van der Waals surface area contributed by atoms with Gasteiger partial charge in [-0.1, -0.05) is 6.07 Å². The number of anilines is 1. The van der Waals surface area contributed by atoms with Crippen LogP contribution in [0.4, 0.5) is 10.5 Å². The average molecular weight is 355 g/mol. The molecule has 1 heterocycles. The third kappa shape index (κ3) is 5.12. The Kier molecular flexibility index (Phi) is 5.66. The van der Waals surface area contributed by atoms with Gasteiger partial charge in [0.05, 0.1) is 13.4 Å². The Morgan fingerprint density at radius 2 is 1.92 bits per heavy atom. The van der Waals surface area contributed by atoms with Gasteiger partial charge in [-0.15, -0.1) is 0 Å². The van der Waals surface area contributed by atoms with Gasteiger partial charge in [0.25, 0.3) is 5.91 Å². The van der Waals surface area contributed by atoms with Crippen LogP contribution in [-0.4, -0.2) is 57.8 Å². The van der Waals surface area contributed by atoms with Gasteiger partial charge in [0.1, 0.15) is 0 Å². The summed E-state index contributed by atoms with van der Waals surface area (Å²) in [6, 6.07) is 6.26. The number of carbonyl (C=O) groups excluding carboxylic acids is 2. The summed E-state index contributed by atoms with van der Waals surface area (Å²) < 4.78 is 29.5. The van der Waals surface area contributed by atoms with E-state index in [1.54, 1.807) is 23.1 Å². The van der Waals surface area contributed by atoms with Crippen LogP contribution in [0.3, 0.4) is 0 Å². The Hall–Kier alpha value is -2.29. The predicted molar refractivity (Wildman–Crippen MR) is 89.4 cm³/mol. The molecule has 2 rings (SSSR count). The molecule has 0 aromatic heterocycles. The van der Waals surface area contributed by atoms with Crippen LogP contribution in [-0.2, 0) is 14.8 Å². The van der Waals surface area contributed by atoms with Gasteiger partial charge in [0.2, 0.25) is 10.0 Å². The minimum atomic E-state index is -3.39. The molecule has 0 saturated carbocycles. The number of rotatable bonds is 4. The minimum Gasteiger partial charge on any atom is -0.453 e. The molecule has 24 heavy (non-hydrogen) atoms. The topological polar surface area (TPSA) is 105 Å². The zero-order valence-corrected chi connectivity index (χ0v) is 14.4. The van der Waals surface area contributed by atoms with Crippen molar-refractivity contribution < 1.29 is 22.7 Å². The summed E-state index contributed by atoms with van der Waals surface area (Å²) in [5.74, 6) is -0.274. The number of ether oxygens (including phenoxy) is 1. The lowest BCUT2D eigenvalue weighted by atomic mass is 10.0. The number of carbonyl (C=O) groups is 2.